The first-order valence-electron chi connectivity index (χ1n) is 7.05. The van der Waals surface area contributed by atoms with Crippen molar-refractivity contribution in [2.75, 3.05) is 33.4 Å². The predicted octanol–water partition coefficient (Wildman–Crippen LogP) is 0.560. The van der Waals surface area contributed by atoms with Crippen molar-refractivity contribution in [3.05, 3.63) is 11.8 Å². The monoisotopic (exact) mass is 295 g/mol. The van der Waals surface area contributed by atoms with Crippen LogP contribution in [-0.2, 0) is 23.9 Å². The van der Waals surface area contributed by atoms with Crippen LogP contribution in [0.4, 0.5) is 0 Å². The molecule has 0 aromatic carbocycles. The first kappa shape index (κ1) is 15.7. The number of ether oxygens (including phenoxy) is 2. The van der Waals surface area contributed by atoms with Crippen LogP contribution in [0.3, 0.4) is 0 Å². The molecule has 2 fully saturated rings. The van der Waals surface area contributed by atoms with Gasteiger partial charge >= 0.3 is 5.97 Å². The van der Waals surface area contributed by atoms with Gasteiger partial charge in [0.1, 0.15) is 5.92 Å². The zero-order chi connectivity index (χ0) is 15.6. The summed E-state index contributed by atoms with van der Waals surface area (Å²) < 4.78 is 9.97. The Morgan fingerprint density at radius 1 is 1.33 bits per heavy atom. The fourth-order valence-corrected chi connectivity index (χ4v) is 2.83. The highest BCUT2D eigenvalue weighted by Gasteiger charge is 2.49. The molecule has 0 N–H and O–H groups in total. The predicted molar refractivity (Wildman–Crippen MR) is 74.4 cm³/mol. The second-order valence-corrected chi connectivity index (χ2v) is 6.10. The van der Waals surface area contributed by atoms with Crippen LogP contribution in [-0.4, -0.2) is 55.8 Å². The van der Waals surface area contributed by atoms with Crippen LogP contribution >= 0.6 is 0 Å². The summed E-state index contributed by atoms with van der Waals surface area (Å²) in [6, 6.07) is 0. The van der Waals surface area contributed by atoms with Gasteiger partial charge in [0.25, 0.3) is 0 Å². The second kappa shape index (κ2) is 5.97. The van der Waals surface area contributed by atoms with Crippen LogP contribution in [0, 0.1) is 11.3 Å². The van der Waals surface area contributed by atoms with E-state index in [4.69, 9.17) is 9.47 Å². The van der Waals surface area contributed by atoms with Gasteiger partial charge in [-0.25, -0.2) is 0 Å². The van der Waals surface area contributed by atoms with Crippen molar-refractivity contribution < 1.29 is 23.9 Å². The van der Waals surface area contributed by atoms with E-state index in [2.05, 4.69) is 0 Å². The molecule has 6 heteroatoms. The molecule has 1 unspecified atom stereocenters. The van der Waals surface area contributed by atoms with E-state index >= 15 is 0 Å². The summed E-state index contributed by atoms with van der Waals surface area (Å²) in [6.07, 6.45) is 1.74. The van der Waals surface area contributed by atoms with E-state index in [1.54, 1.807) is 20.0 Å². The number of esters is 1. The highest BCUT2D eigenvalue weighted by Crippen LogP contribution is 2.39. The molecule has 0 bridgehead atoms. The summed E-state index contributed by atoms with van der Waals surface area (Å²) in [7, 11) is 1.26. The second-order valence-electron chi connectivity index (χ2n) is 6.10. The first-order chi connectivity index (χ1) is 9.86. The van der Waals surface area contributed by atoms with Crippen molar-refractivity contribution in [1.82, 2.24) is 4.90 Å². The summed E-state index contributed by atoms with van der Waals surface area (Å²) in [5.74, 6) is -2.15. The van der Waals surface area contributed by atoms with E-state index in [0.717, 1.165) is 0 Å². The molecule has 0 amide bonds. The minimum absolute atomic E-state index is 0.103. The molecule has 1 saturated carbocycles. The van der Waals surface area contributed by atoms with Crippen LogP contribution in [0.2, 0.25) is 0 Å². The summed E-state index contributed by atoms with van der Waals surface area (Å²) >= 11 is 0. The number of Topliss-reactive ketones (excluding diaryl/α,β-unsaturated/α-hetero) is 2. The molecule has 1 atom stereocenters. The Morgan fingerprint density at radius 3 is 2.52 bits per heavy atom. The fourth-order valence-electron chi connectivity index (χ4n) is 2.83. The Bertz CT molecular complexity index is 488. The van der Waals surface area contributed by atoms with Gasteiger partial charge in [0.05, 0.1) is 25.9 Å². The third kappa shape index (κ3) is 3.15. The Kier molecular flexibility index (Phi) is 4.46. The van der Waals surface area contributed by atoms with Crippen molar-refractivity contribution in [2.24, 2.45) is 11.3 Å². The average molecular weight is 295 g/mol. The van der Waals surface area contributed by atoms with Gasteiger partial charge in [-0.1, -0.05) is 13.8 Å². The van der Waals surface area contributed by atoms with Crippen molar-refractivity contribution in [3.8, 4) is 0 Å². The van der Waals surface area contributed by atoms with Gasteiger partial charge in [0.15, 0.2) is 11.6 Å². The topological polar surface area (TPSA) is 72.9 Å². The van der Waals surface area contributed by atoms with Crippen molar-refractivity contribution >= 4 is 17.5 Å². The van der Waals surface area contributed by atoms with E-state index in [-0.39, 0.29) is 17.8 Å². The average Bonchev–Trinajstić information content (AvgIpc) is 2.43. The molecule has 0 aromatic heterocycles. The Balaban J connectivity index is 2.29. The summed E-state index contributed by atoms with van der Waals surface area (Å²) in [5, 5.41) is 0. The lowest BCUT2D eigenvalue weighted by molar-refractivity contribution is -0.155. The molecule has 1 heterocycles. The molecule has 1 saturated heterocycles. The van der Waals surface area contributed by atoms with Gasteiger partial charge in [0.2, 0.25) is 0 Å². The fraction of sp³-hybridized carbons (Fsp3) is 0.667. The number of methoxy groups -OCH3 is 1. The molecule has 1 aliphatic carbocycles. The molecule has 0 aromatic rings. The Hall–Kier alpha value is -1.69. The Labute approximate surface area is 124 Å². The molecule has 0 spiro atoms. The van der Waals surface area contributed by atoms with Crippen molar-refractivity contribution in [1.29, 1.82) is 0 Å². The number of hydrogen-bond donors (Lipinski definition) is 0. The van der Waals surface area contributed by atoms with Gasteiger partial charge in [-0.05, 0) is 5.41 Å². The Morgan fingerprint density at radius 2 is 1.95 bits per heavy atom. The molecular weight excluding hydrogens is 274 g/mol. The normalized spacial score (nSPS) is 27.9. The van der Waals surface area contributed by atoms with E-state index in [0.29, 0.717) is 26.3 Å². The van der Waals surface area contributed by atoms with Gasteiger partial charge in [0, 0.05) is 25.7 Å². The highest BCUT2D eigenvalue weighted by atomic mass is 16.5. The smallest absolute Gasteiger partial charge is 0.317 e. The molecule has 1 aliphatic heterocycles. The van der Waals surface area contributed by atoms with Crippen LogP contribution in [0.5, 0.6) is 0 Å². The summed E-state index contributed by atoms with van der Waals surface area (Å²) in [6.45, 7) is 5.90. The molecule has 0 radical (unpaired) electrons. The van der Waals surface area contributed by atoms with E-state index in [9.17, 15) is 14.4 Å². The quantitative estimate of drug-likeness (QED) is 0.321. The third-order valence-corrected chi connectivity index (χ3v) is 4.02. The lowest BCUT2D eigenvalue weighted by Gasteiger charge is -2.36. The highest BCUT2D eigenvalue weighted by molar-refractivity contribution is 6.27. The molecule has 21 heavy (non-hydrogen) atoms. The number of allylic oxidation sites excluding steroid dienone is 1. The maximum absolute atomic E-state index is 12.6. The minimum Gasteiger partial charge on any atom is -0.468 e. The van der Waals surface area contributed by atoms with Crippen LogP contribution in [0.25, 0.3) is 0 Å². The number of nitrogens with zero attached hydrogens (tertiary/aromatic N) is 1. The van der Waals surface area contributed by atoms with E-state index in [1.165, 1.54) is 7.11 Å². The largest absolute Gasteiger partial charge is 0.468 e. The number of rotatable bonds is 2. The molecule has 116 valence electrons. The summed E-state index contributed by atoms with van der Waals surface area (Å²) in [4.78, 5) is 38.6. The number of ketones is 2. The number of carbonyl (C=O) groups excluding carboxylic acids is 3. The lowest BCUT2D eigenvalue weighted by Crippen LogP contribution is -2.46. The zero-order valence-corrected chi connectivity index (χ0v) is 12.7. The number of hydrogen-bond acceptors (Lipinski definition) is 6. The number of carbonyl (C=O) groups is 3. The van der Waals surface area contributed by atoms with Gasteiger partial charge in [-0.3, -0.25) is 14.4 Å². The van der Waals surface area contributed by atoms with Crippen LogP contribution < -0.4 is 0 Å². The SMILES string of the molecule is COC(=O)C1C(=O)/C(=C\N2CCOCC2)C(=O)CC1(C)C. The van der Waals surface area contributed by atoms with Gasteiger partial charge < -0.3 is 14.4 Å². The number of morpholine rings is 1. The van der Waals surface area contributed by atoms with Crippen molar-refractivity contribution in [2.45, 2.75) is 20.3 Å². The van der Waals surface area contributed by atoms with Crippen LogP contribution in [0.15, 0.2) is 11.8 Å². The molecule has 2 aliphatic rings. The van der Waals surface area contributed by atoms with E-state index < -0.39 is 23.1 Å². The molecule has 2 rings (SSSR count). The van der Waals surface area contributed by atoms with Crippen molar-refractivity contribution in [3.63, 3.8) is 0 Å². The molecule has 6 nitrogen and oxygen atoms in total. The first-order valence-corrected chi connectivity index (χ1v) is 7.05. The third-order valence-electron chi connectivity index (χ3n) is 4.02. The van der Waals surface area contributed by atoms with Crippen LogP contribution in [0.1, 0.15) is 20.3 Å². The zero-order valence-electron chi connectivity index (χ0n) is 12.7. The molecular formula is C15H21NO5. The maximum Gasteiger partial charge on any atom is 0.317 e. The van der Waals surface area contributed by atoms with Gasteiger partial charge in [-0.15, -0.1) is 0 Å². The summed E-state index contributed by atoms with van der Waals surface area (Å²) in [5.41, 5.74) is -0.615. The standard InChI is InChI=1S/C15H21NO5/c1-15(2)8-11(17)10(9-16-4-6-21-7-5-16)13(18)12(15)14(19)20-3/h9,12H,4-8H2,1-3H3/b10-9-. The van der Waals surface area contributed by atoms with Gasteiger partial charge in [-0.2, -0.15) is 0 Å². The van der Waals surface area contributed by atoms with E-state index in [1.807, 2.05) is 4.90 Å². The minimum atomic E-state index is -0.924. The lowest BCUT2D eigenvalue weighted by atomic mass is 9.66. The maximum atomic E-state index is 12.6.